The summed E-state index contributed by atoms with van der Waals surface area (Å²) in [4.78, 5) is 32.1. The zero-order valence-electron chi connectivity index (χ0n) is 36.5. The molecule has 0 aliphatic rings. The summed E-state index contributed by atoms with van der Waals surface area (Å²) in [7, 11) is 0. The first-order valence-electron chi connectivity index (χ1n) is 22.6. The van der Waals surface area contributed by atoms with Crippen molar-refractivity contribution >= 4 is 43.6 Å². The van der Waals surface area contributed by atoms with Crippen LogP contribution in [-0.2, 0) is 0 Å². The molecular weight excluding hydrogens is 833 g/mol. The fraction of sp³-hybridized carbons (Fsp3) is 0. The van der Waals surface area contributed by atoms with Crippen LogP contribution in [0.1, 0.15) is 0 Å². The van der Waals surface area contributed by atoms with Crippen LogP contribution in [0.5, 0.6) is 0 Å². The largest absolute Gasteiger partial charge is 0.308 e. The Balaban J connectivity index is 1.25. The highest BCUT2D eigenvalue weighted by atomic mass is 15.1. The van der Waals surface area contributed by atoms with E-state index in [4.69, 9.17) is 29.9 Å². The summed E-state index contributed by atoms with van der Waals surface area (Å²) in [6, 6.07) is 79.2. The summed E-state index contributed by atoms with van der Waals surface area (Å²) < 4.78 is 4.71. The molecule has 0 saturated heterocycles. The van der Waals surface area contributed by atoms with E-state index in [1.54, 1.807) is 0 Å². The Morgan fingerprint density at radius 2 is 0.529 bits per heavy atom. The smallest absolute Gasteiger partial charge is 0.168 e. The number of rotatable bonds is 8. The van der Waals surface area contributed by atoms with Gasteiger partial charge in [-0.25, -0.2) is 29.9 Å². The highest BCUT2D eigenvalue weighted by Crippen LogP contribution is 2.45. The first-order valence-corrected chi connectivity index (χ1v) is 22.6. The second-order valence-electron chi connectivity index (χ2n) is 16.7. The Bertz CT molecular complexity index is 3790. The molecule has 0 aliphatic carbocycles. The Labute approximate surface area is 391 Å². The standard InChI is InChI=1S/C60H38N8/c1-5-21-39(22-6-1)55-61-56(40-23-7-2-8-24-40)64-59(63-55)47-37-38-52(67-48-33-17-13-29-43(48)44-30-14-18-34-49(44)67)53(54(47)68-50-35-19-15-31-45(50)46-32-16-20-36-51(46)68)60-65-57(41-25-9-3-10-26-41)62-58(66-60)42-27-11-4-12-28-42/h1-38H. The predicted molar refractivity (Wildman–Crippen MR) is 275 cm³/mol. The minimum atomic E-state index is 0.494. The molecule has 13 aromatic rings. The molecule has 0 saturated carbocycles. The highest BCUT2D eigenvalue weighted by Gasteiger charge is 2.29. The average molecular weight is 871 g/mol. The molecule has 0 spiro atoms. The maximum Gasteiger partial charge on any atom is 0.168 e. The van der Waals surface area contributed by atoms with Gasteiger partial charge in [-0.1, -0.05) is 194 Å². The zero-order valence-corrected chi connectivity index (χ0v) is 36.5. The van der Waals surface area contributed by atoms with E-state index in [-0.39, 0.29) is 0 Å². The number of fused-ring (bicyclic) bond motifs is 6. The van der Waals surface area contributed by atoms with Gasteiger partial charge >= 0.3 is 0 Å². The maximum absolute atomic E-state index is 5.52. The normalized spacial score (nSPS) is 11.5. The van der Waals surface area contributed by atoms with E-state index in [1.165, 1.54) is 0 Å². The summed E-state index contributed by atoms with van der Waals surface area (Å²) in [6.45, 7) is 0. The van der Waals surface area contributed by atoms with Crippen LogP contribution in [0.3, 0.4) is 0 Å². The number of hydrogen-bond acceptors (Lipinski definition) is 6. The summed E-state index contributed by atoms with van der Waals surface area (Å²) in [5.41, 5.74) is 10.9. The van der Waals surface area contributed by atoms with Gasteiger partial charge in [-0.2, -0.15) is 0 Å². The van der Waals surface area contributed by atoms with Gasteiger partial charge in [0.05, 0.1) is 39.0 Å². The lowest BCUT2D eigenvalue weighted by molar-refractivity contribution is 1.04. The zero-order chi connectivity index (χ0) is 45.0. The minimum absolute atomic E-state index is 0.494. The molecule has 9 aromatic carbocycles. The third-order valence-corrected chi connectivity index (χ3v) is 12.6. The number of nitrogens with zero attached hydrogens (tertiary/aromatic N) is 8. The first-order chi connectivity index (χ1) is 33.7. The molecule has 0 N–H and O–H groups in total. The molecule has 8 heteroatoms. The van der Waals surface area contributed by atoms with Crippen molar-refractivity contribution in [1.82, 2.24) is 39.0 Å². The van der Waals surface area contributed by atoms with Gasteiger partial charge in [0.1, 0.15) is 0 Å². The topological polar surface area (TPSA) is 87.2 Å². The average Bonchev–Trinajstić information content (AvgIpc) is 3.94. The van der Waals surface area contributed by atoms with E-state index >= 15 is 0 Å². The Morgan fingerprint density at radius 3 is 0.897 bits per heavy atom. The van der Waals surface area contributed by atoms with Crippen molar-refractivity contribution < 1.29 is 0 Å². The van der Waals surface area contributed by atoms with E-state index in [2.05, 4.69) is 118 Å². The number of aromatic nitrogens is 8. The Kier molecular flexibility index (Phi) is 9.31. The molecule has 8 nitrogen and oxygen atoms in total. The van der Waals surface area contributed by atoms with Crippen LogP contribution >= 0.6 is 0 Å². The predicted octanol–water partition coefficient (Wildman–Crippen LogP) is 14.3. The lowest BCUT2D eigenvalue weighted by atomic mass is 10.0. The Morgan fingerprint density at radius 1 is 0.235 bits per heavy atom. The van der Waals surface area contributed by atoms with Gasteiger partial charge in [-0.3, -0.25) is 0 Å². The van der Waals surface area contributed by atoms with E-state index < -0.39 is 0 Å². The minimum Gasteiger partial charge on any atom is -0.308 e. The first kappa shape index (κ1) is 39.0. The fourth-order valence-electron chi connectivity index (χ4n) is 9.59. The lowest BCUT2D eigenvalue weighted by Crippen LogP contribution is -2.10. The van der Waals surface area contributed by atoms with Crippen molar-refractivity contribution in [2.45, 2.75) is 0 Å². The van der Waals surface area contributed by atoms with E-state index in [0.29, 0.717) is 34.9 Å². The number of benzene rings is 9. The van der Waals surface area contributed by atoms with Gasteiger partial charge in [-0.05, 0) is 36.4 Å². The van der Waals surface area contributed by atoms with Crippen molar-refractivity contribution in [3.8, 4) is 79.7 Å². The molecule has 0 atom stereocenters. The third kappa shape index (κ3) is 6.54. The lowest BCUT2D eigenvalue weighted by Gasteiger charge is -2.22. The molecular formula is C60H38N8. The van der Waals surface area contributed by atoms with E-state index in [1.807, 2.05) is 121 Å². The van der Waals surface area contributed by atoms with E-state index in [0.717, 1.165) is 88.4 Å². The van der Waals surface area contributed by atoms with Gasteiger partial charge in [0.25, 0.3) is 0 Å². The van der Waals surface area contributed by atoms with Crippen molar-refractivity contribution in [3.05, 3.63) is 231 Å². The van der Waals surface area contributed by atoms with E-state index in [9.17, 15) is 0 Å². The van der Waals surface area contributed by atoms with Crippen LogP contribution in [0, 0.1) is 0 Å². The Hall–Kier alpha value is -9.40. The van der Waals surface area contributed by atoms with Crippen LogP contribution in [0.2, 0.25) is 0 Å². The molecule has 0 unspecified atom stereocenters. The summed E-state index contributed by atoms with van der Waals surface area (Å²) in [5.74, 6) is 3.24. The molecule has 0 aliphatic heterocycles. The van der Waals surface area contributed by atoms with Crippen molar-refractivity contribution in [3.63, 3.8) is 0 Å². The molecule has 0 amide bonds. The van der Waals surface area contributed by atoms with Crippen LogP contribution < -0.4 is 0 Å². The number of hydrogen-bond donors (Lipinski definition) is 0. The molecule has 0 radical (unpaired) electrons. The molecule has 0 fully saturated rings. The molecule has 4 aromatic heterocycles. The molecule has 68 heavy (non-hydrogen) atoms. The molecule has 4 heterocycles. The summed E-state index contributed by atoms with van der Waals surface area (Å²) >= 11 is 0. The van der Waals surface area contributed by atoms with Crippen LogP contribution in [0.25, 0.3) is 123 Å². The molecule has 13 rings (SSSR count). The van der Waals surface area contributed by atoms with Crippen molar-refractivity contribution in [1.29, 1.82) is 0 Å². The summed E-state index contributed by atoms with van der Waals surface area (Å²) in [6.07, 6.45) is 0. The highest BCUT2D eigenvalue weighted by molar-refractivity contribution is 6.12. The quantitative estimate of drug-likeness (QED) is 0.151. The van der Waals surface area contributed by atoms with Gasteiger partial charge < -0.3 is 9.13 Å². The van der Waals surface area contributed by atoms with Crippen molar-refractivity contribution in [2.75, 3.05) is 0 Å². The van der Waals surface area contributed by atoms with Crippen LogP contribution in [0.15, 0.2) is 231 Å². The second kappa shape index (κ2) is 16.2. The second-order valence-corrected chi connectivity index (χ2v) is 16.7. The van der Waals surface area contributed by atoms with Gasteiger partial charge in [0.2, 0.25) is 0 Å². The van der Waals surface area contributed by atoms with Crippen LogP contribution in [0.4, 0.5) is 0 Å². The SMILES string of the molecule is c1ccc(-c2nc(-c3ccccc3)nc(-c3ccc(-n4c5ccccc5c5ccccc54)c(-c4nc(-c5ccccc5)nc(-c5ccccc5)n4)c3-n3c4ccccc4c4ccccc43)n2)cc1. The third-order valence-electron chi connectivity index (χ3n) is 12.6. The monoisotopic (exact) mass is 870 g/mol. The molecule has 318 valence electrons. The summed E-state index contributed by atoms with van der Waals surface area (Å²) in [5, 5.41) is 4.50. The van der Waals surface area contributed by atoms with Crippen molar-refractivity contribution in [2.24, 2.45) is 0 Å². The number of para-hydroxylation sites is 4. The van der Waals surface area contributed by atoms with Gasteiger partial charge in [-0.15, -0.1) is 0 Å². The van der Waals surface area contributed by atoms with Crippen LogP contribution in [-0.4, -0.2) is 39.0 Å². The maximum atomic E-state index is 5.52. The van der Waals surface area contributed by atoms with Gasteiger partial charge in [0, 0.05) is 49.4 Å². The fourth-order valence-corrected chi connectivity index (χ4v) is 9.59. The molecule has 0 bridgehead atoms. The van der Waals surface area contributed by atoms with Gasteiger partial charge in [0.15, 0.2) is 34.9 Å².